The Balaban J connectivity index is 1.85. The summed E-state index contributed by atoms with van der Waals surface area (Å²) in [4.78, 5) is 2.59. The van der Waals surface area contributed by atoms with Crippen LogP contribution in [0.25, 0.3) is 0 Å². The van der Waals surface area contributed by atoms with Crippen molar-refractivity contribution in [2.24, 2.45) is 0 Å². The maximum atomic E-state index is 3.67. The Bertz CT molecular complexity index is 344. The van der Waals surface area contributed by atoms with E-state index in [1.165, 1.54) is 37.8 Å². The predicted octanol–water partition coefficient (Wildman–Crippen LogP) is 3.43. The molecule has 0 aliphatic carbocycles. The molecule has 0 aromatic heterocycles. The summed E-state index contributed by atoms with van der Waals surface area (Å²) in [5, 5.41) is 3.67. The van der Waals surface area contributed by atoms with E-state index < -0.39 is 0 Å². The molecule has 1 heterocycles. The van der Waals surface area contributed by atoms with Gasteiger partial charge in [0.05, 0.1) is 0 Å². The average molecular weight is 260 g/mol. The Hall–Kier alpha value is -0.860. The zero-order chi connectivity index (χ0) is 13.5. The van der Waals surface area contributed by atoms with E-state index in [1.807, 2.05) is 0 Å². The average Bonchev–Trinajstić information content (AvgIpc) is 2.47. The fourth-order valence-corrected chi connectivity index (χ4v) is 3.08. The van der Waals surface area contributed by atoms with Gasteiger partial charge in [-0.15, -0.1) is 0 Å². The van der Waals surface area contributed by atoms with Gasteiger partial charge in [-0.25, -0.2) is 0 Å². The molecule has 1 aromatic carbocycles. The van der Waals surface area contributed by atoms with Crippen molar-refractivity contribution >= 4 is 0 Å². The van der Waals surface area contributed by atoms with Gasteiger partial charge in [0.1, 0.15) is 0 Å². The third-order valence-corrected chi connectivity index (χ3v) is 4.30. The number of piperidine rings is 1. The molecule has 1 aliphatic rings. The Morgan fingerprint density at radius 2 is 2.05 bits per heavy atom. The van der Waals surface area contributed by atoms with Gasteiger partial charge in [-0.3, -0.25) is 4.90 Å². The van der Waals surface area contributed by atoms with E-state index in [2.05, 4.69) is 54.4 Å². The summed E-state index contributed by atoms with van der Waals surface area (Å²) < 4.78 is 0. The summed E-state index contributed by atoms with van der Waals surface area (Å²) in [5.74, 6) is 0. The minimum Gasteiger partial charge on any atom is -0.314 e. The molecule has 2 atom stereocenters. The van der Waals surface area contributed by atoms with Crippen LogP contribution in [-0.4, -0.2) is 30.1 Å². The second kappa shape index (κ2) is 7.66. The normalized spacial score (nSPS) is 21.5. The van der Waals surface area contributed by atoms with E-state index in [1.54, 1.807) is 0 Å². The molecular formula is C17H28N2. The van der Waals surface area contributed by atoms with E-state index >= 15 is 0 Å². The van der Waals surface area contributed by atoms with Crippen LogP contribution in [0.2, 0.25) is 0 Å². The lowest BCUT2D eigenvalue weighted by molar-refractivity contribution is 0.180. The van der Waals surface area contributed by atoms with Crippen molar-refractivity contribution in [2.45, 2.75) is 58.2 Å². The zero-order valence-electron chi connectivity index (χ0n) is 12.4. The first kappa shape index (κ1) is 14.5. The molecule has 19 heavy (non-hydrogen) atoms. The van der Waals surface area contributed by atoms with Crippen molar-refractivity contribution in [3.8, 4) is 0 Å². The number of nitrogens with zero attached hydrogens (tertiary/aromatic N) is 1. The van der Waals surface area contributed by atoms with Gasteiger partial charge in [0.2, 0.25) is 0 Å². The summed E-state index contributed by atoms with van der Waals surface area (Å²) >= 11 is 0. The van der Waals surface area contributed by atoms with E-state index in [-0.39, 0.29) is 0 Å². The molecule has 1 saturated heterocycles. The summed E-state index contributed by atoms with van der Waals surface area (Å²) in [6, 6.07) is 12.2. The summed E-state index contributed by atoms with van der Waals surface area (Å²) in [6.07, 6.45) is 5.38. The van der Waals surface area contributed by atoms with Crippen LogP contribution in [0, 0.1) is 0 Å². The molecule has 2 heteroatoms. The maximum absolute atomic E-state index is 3.67. The Morgan fingerprint density at radius 3 is 2.68 bits per heavy atom. The first-order valence-electron chi connectivity index (χ1n) is 7.81. The lowest BCUT2D eigenvalue weighted by atomic mass is 9.98. The summed E-state index contributed by atoms with van der Waals surface area (Å²) in [6.45, 7) is 8.06. The third kappa shape index (κ3) is 4.63. The van der Waals surface area contributed by atoms with Gasteiger partial charge in [0.25, 0.3) is 0 Å². The van der Waals surface area contributed by atoms with Crippen LogP contribution in [0.15, 0.2) is 30.3 Å². The van der Waals surface area contributed by atoms with E-state index in [0.717, 1.165) is 19.1 Å². The number of rotatable bonds is 6. The van der Waals surface area contributed by atoms with Crippen molar-refractivity contribution < 1.29 is 0 Å². The standard InChI is InChI=1S/C17H28N2/c1-3-19(14-16-9-5-4-6-10-16)15(2)13-17-11-7-8-12-18-17/h4-6,9-10,15,17-18H,3,7-8,11-14H2,1-2H3. The Kier molecular flexibility index (Phi) is 5.87. The molecule has 1 fully saturated rings. The van der Waals surface area contributed by atoms with Gasteiger partial charge >= 0.3 is 0 Å². The Morgan fingerprint density at radius 1 is 1.26 bits per heavy atom. The summed E-state index contributed by atoms with van der Waals surface area (Å²) in [5.41, 5.74) is 1.42. The second-order valence-electron chi connectivity index (χ2n) is 5.78. The number of hydrogen-bond acceptors (Lipinski definition) is 2. The van der Waals surface area contributed by atoms with Gasteiger partial charge in [0, 0.05) is 18.6 Å². The number of hydrogen-bond donors (Lipinski definition) is 1. The first-order valence-corrected chi connectivity index (χ1v) is 7.81. The highest BCUT2D eigenvalue weighted by molar-refractivity contribution is 5.14. The fraction of sp³-hybridized carbons (Fsp3) is 0.647. The molecule has 2 nitrogen and oxygen atoms in total. The van der Waals surface area contributed by atoms with Crippen LogP contribution in [0.4, 0.5) is 0 Å². The molecule has 1 aromatic rings. The summed E-state index contributed by atoms with van der Waals surface area (Å²) in [7, 11) is 0. The Labute approximate surface area is 118 Å². The molecule has 0 bridgehead atoms. The highest BCUT2D eigenvalue weighted by Gasteiger charge is 2.19. The van der Waals surface area contributed by atoms with Gasteiger partial charge in [-0.05, 0) is 44.8 Å². The quantitative estimate of drug-likeness (QED) is 0.843. The second-order valence-corrected chi connectivity index (χ2v) is 5.78. The highest BCUT2D eigenvalue weighted by atomic mass is 15.1. The van der Waals surface area contributed by atoms with E-state index in [9.17, 15) is 0 Å². The van der Waals surface area contributed by atoms with Crippen LogP contribution >= 0.6 is 0 Å². The molecule has 106 valence electrons. The first-order chi connectivity index (χ1) is 9.29. The van der Waals surface area contributed by atoms with Crippen molar-refractivity contribution in [2.75, 3.05) is 13.1 Å². The van der Waals surface area contributed by atoms with Crippen molar-refractivity contribution in [1.82, 2.24) is 10.2 Å². The molecule has 0 amide bonds. The molecule has 2 unspecified atom stereocenters. The highest BCUT2D eigenvalue weighted by Crippen LogP contribution is 2.16. The molecular weight excluding hydrogens is 232 g/mol. The predicted molar refractivity (Wildman–Crippen MR) is 82.2 cm³/mol. The monoisotopic (exact) mass is 260 g/mol. The third-order valence-electron chi connectivity index (χ3n) is 4.30. The van der Waals surface area contributed by atoms with Gasteiger partial charge in [-0.1, -0.05) is 43.7 Å². The van der Waals surface area contributed by atoms with Crippen LogP contribution in [0.1, 0.15) is 45.1 Å². The molecule has 2 rings (SSSR count). The van der Waals surface area contributed by atoms with Crippen LogP contribution in [-0.2, 0) is 6.54 Å². The zero-order valence-corrected chi connectivity index (χ0v) is 12.4. The maximum Gasteiger partial charge on any atom is 0.0236 e. The molecule has 1 N–H and O–H groups in total. The largest absolute Gasteiger partial charge is 0.314 e. The lowest BCUT2D eigenvalue weighted by Gasteiger charge is -2.32. The minimum absolute atomic E-state index is 0.654. The smallest absolute Gasteiger partial charge is 0.0236 e. The van der Waals surface area contributed by atoms with E-state index in [0.29, 0.717) is 6.04 Å². The molecule has 0 spiro atoms. The van der Waals surface area contributed by atoms with Crippen molar-refractivity contribution in [1.29, 1.82) is 0 Å². The van der Waals surface area contributed by atoms with Gasteiger partial charge in [-0.2, -0.15) is 0 Å². The van der Waals surface area contributed by atoms with Crippen LogP contribution in [0.5, 0.6) is 0 Å². The van der Waals surface area contributed by atoms with Gasteiger partial charge in [0.15, 0.2) is 0 Å². The van der Waals surface area contributed by atoms with Crippen LogP contribution in [0.3, 0.4) is 0 Å². The minimum atomic E-state index is 0.654. The van der Waals surface area contributed by atoms with Gasteiger partial charge < -0.3 is 5.32 Å². The van der Waals surface area contributed by atoms with Crippen molar-refractivity contribution in [3.63, 3.8) is 0 Å². The molecule has 0 saturated carbocycles. The fourth-order valence-electron chi connectivity index (χ4n) is 3.08. The molecule has 1 aliphatic heterocycles. The SMILES string of the molecule is CCN(Cc1ccccc1)C(C)CC1CCCCN1. The lowest BCUT2D eigenvalue weighted by Crippen LogP contribution is -2.41. The molecule has 0 radical (unpaired) electrons. The number of benzene rings is 1. The topological polar surface area (TPSA) is 15.3 Å². The van der Waals surface area contributed by atoms with E-state index in [4.69, 9.17) is 0 Å². The van der Waals surface area contributed by atoms with Crippen LogP contribution < -0.4 is 5.32 Å². The number of nitrogens with one attached hydrogen (secondary N) is 1. The van der Waals surface area contributed by atoms with Crippen molar-refractivity contribution in [3.05, 3.63) is 35.9 Å².